The van der Waals surface area contributed by atoms with Crippen molar-refractivity contribution in [3.63, 3.8) is 0 Å². The SMILES string of the molecule is COc1ccc(NC2=C(c3cccs3)C(=O)N(CCCN3CCOCC3)C2=O)cc1. The van der Waals surface area contributed by atoms with Crippen LogP contribution in [0.2, 0.25) is 0 Å². The fourth-order valence-electron chi connectivity index (χ4n) is 3.64. The van der Waals surface area contributed by atoms with Crippen molar-refractivity contribution >= 4 is 34.4 Å². The molecule has 2 aliphatic rings. The van der Waals surface area contributed by atoms with Crippen LogP contribution >= 0.6 is 11.3 Å². The Morgan fingerprint density at radius 1 is 1.07 bits per heavy atom. The van der Waals surface area contributed by atoms with Crippen molar-refractivity contribution in [3.05, 3.63) is 52.4 Å². The lowest BCUT2D eigenvalue weighted by Crippen LogP contribution is -2.39. The van der Waals surface area contributed by atoms with Crippen LogP contribution in [-0.4, -0.2) is 68.1 Å². The number of anilines is 1. The van der Waals surface area contributed by atoms with Crippen molar-refractivity contribution in [1.29, 1.82) is 0 Å². The zero-order chi connectivity index (χ0) is 20.9. The maximum Gasteiger partial charge on any atom is 0.278 e. The second kappa shape index (κ2) is 9.42. The van der Waals surface area contributed by atoms with E-state index in [9.17, 15) is 9.59 Å². The number of nitrogens with one attached hydrogen (secondary N) is 1. The smallest absolute Gasteiger partial charge is 0.278 e. The van der Waals surface area contributed by atoms with E-state index in [1.165, 1.54) is 16.2 Å². The van der Waals surface area contributed by atoms with Crippen molar-refractivity contribution in [2.45, 2.75) is 6.42 Å². The molecular weight excluding hydrogens is 402 g/mol. The number of benzene rings is 1. The molecule has 7 nitrogen and oxygen atoms in total. The highest BCUT2D eigenvalue weighted by atomic mass is 32.1. The number of amides is 2. The molecule has 2 amide bonds. The van der Waals surface area contributed by atoms with Gasteiger partial charge in [-0.3, -0.25) is 19.4 Å². The molecule has 0 saturated carbocycles. The van der Waals surface area contributed by atoms with E-state index in [0.29, 0.717) is 17.8 Å². The molecule has 0 aliphatic carbocycles. The number of hydrogen-bond donors (Lipinski definition) is 1. The zero-order valence-corrected chi connectivity index (χ0v) is 17.7. The molecule has 158 valence electrons. The topological polar surface area (TPSA) is 71.1 Å². The molecule has 3 heterocycles. The Morgan fingerprint density at radius 2 is 1.83 bits per heavy atom. The maximum atomic E-state index is 13.2. The lowest BCUT2D eigenvalue weighted by Gasteiger charge is -2.27. The standard InChI is InChI=1S/C22H25N3O4S/c1-28-17-7-5-16(6-8-17)23-20-19(18-4-2-15-30-18)21(26)25(22(20)27)10-3-9-24-11-13-29-14-12-24/h2,4-8,15,23H,3,9-14H2,1H3. The summed E-state index contributed by atoms with van der Waals surface area (Å²) in [5.41, 5.74) is 1.51. The predicted octanol–water partition coefficient (Wildman–Crippen LogP) is 2.67. The van der Waals surface area contributed by atoms with Crippen molar-refractivity contribution in [2.24, 2.45) is 0 Å². The molecule has 0 bridgehead atoms. The third-order valence-corrected chi connectivity index (χ3v) is 6.14. The summed E-state index contributed by atoms with van der Waals surface area (Å²) in [6.07, 6.45) is 0.741. The summed E-state index contributed by atoms with van der Waals surface area (Å²) in [7, 11) is 1.60. The molecule has 0 unspecified atom stereocenters. The van der Waals surface area contributed by atoms with Crippen molar-refractivity contribution in [3.8, 4) is 5.75 Å². The van der Waals surface area contributed by atoms with Crippen LogP contribution in [0.5, 0.6) is 5.75 Å². The Labute approximate surface area is 179 Å². The molecule has 0 spiro atoms. The van der Waals surface area contributed by atoms with Gasteiger partial charge in [-0.2, -0.15) is 0 Å². The number of morpholine rings is 1. The van der Waals surface area contributed by atoms with Crippen LogP contribution in [0.4, 0.5) is 5.69 Å². The number of methoxy groups -OCH3 is 1. The van der Waals surface area contributed by atoms with Gasteiger partial charge in [0.05, 0.1) is 25.9 Å². The van der Waals surface area contributed by atoms with Crippen LogP contribution in [0, 0.1) is 0 Å². The van der Waals surface area contributed by atoms with Gasteiger partial charge < -0.3 is 14.8 Å². The third kappa shape index (κ3) is 4.40. The fourth-order valence-corrected chi connectivity index (χ4v) is 4.41. The molecule has 0 atom stereocenters. The Bertz CT molecular complexity index is 918. The number of nitrogens with zero attached hydrogens (tertiary/aromatic N) is 2. The number of imide groups is 1. The first kappa shape index (κ1) is 20.6. The van der Waals surface area contributed by atoms with Gasteiger partial charge >= 0.3 is 0 Å². The van der Waals surface area contributed by atoms with Crippen LogP contribution in [0.15, 0.2) is 47.5 Å². The zero-order valence-electron chi connectivity index (χ0n) is 16.9. The second-order valence-electron chi connectivity index (χ2n) is 7.15. The number of thiophene rings is 1. The van der Waals surface area contributed by atoms with Gasteiger partial charge in [0.1, 0.15) is 11.4 Å². The summed E-state index contributed by atoms with van der Waals surface area (Å²) >= 11 is 1.46. The van der Waals surface area contributed by atoms with E-state index in [4.69, 9.17) is 9.47 Å². The number of carbonyl (C=O) groups is 2. The third-order valence-electron chi connectivity index (χ3n) is 5.25. The van der Waals surface area contributed by atoms with E-state index in [1.807, 2.05) is 41.8 Å². The highest BCUT2D eigenvalue weighted by molar-refractivity contribution is 7.11. The van der Waals surface area contributed by atoms with Gasteiger partial charge in [0.2, 0.25) is 0 Å². The van der Waals surface area contributed by atoms with E-state index in [1.54, 1.807) is 7.11 Å². The van der Waals surface area contributed by atoms with Gasteiger partial charge in [-0.25, -0.2) is 0 Å². The largest absolute Gasteiger partial charge is 0.497 e. The molecule has 1 N–H and O–H groups in total. The number of hydrogen-bond acceptors (Lipinski definition) is 7. The Balaban J connectivity index is 1.50. The molecular formula is C22H25N3O4S. The van der Waals surface area contributed by atoms with E-state index in [0.717, 1.165) is 55.6 Å². The van der Waals surface area contributed by atoms with Gasteiger partial charge in [0, 0.05) is 36.7 Å². The maximum absolute atomic E-state index is 13.2. The second-order valence-corrected chi connectivity index (χ2v) is 8.10. The number of carbonyl (C=O) groups excluding carboxylic acids is 2. The van der Waals surface area contributed by atoms with Crippen LogP contribution < -0.4 is 10.1 Å². The minimum Gasteiger partial charge on any atom is -0.497 e. The van der Waals surface area contributed by atoms with Gasteiger partial charge in [-0.15, -0.1) is 11.3 Å². The summed E-state index contributed by atoms with van der Waals surface area (Å²) in [5.74, 6) is 0.216. The molecule has 1 fully saturated rings. The quantitative estimate of drug-likeness (QED) is 0.653. The monoisotopic (exact) mass is 427 g/mol. The first-order valence-electron chi connectivity index (χ1n) is 10.0. The van der Waals surface area contributed by atoms with E-state index in [-0.39, 0.29) is 11.8 Å². The predicted molar refractivity (Wildman–Crippen MR) is 116 cm³/mol. The van der Waals surface area contributed by atoms with Crippen molar-refractivity contribution in [2.75, 3.05) is 51.8 Å². The van der Waals surface area contributed by atoms with Crippen molar-refractivity contribution in [1.82, 2.24) is 9.80 Å². The minimum atomic E-state index is -0.277. The van der Waals surface area contributed by atoms with Crippen LogP contribution in [0.3, 0.4) is 0 Å². The minimum absolute atomic E-state index is 0.236. The Hall–Kier alpha value is -2.68. The van der Waals surface area contributed by atoms with E-state index >= 15 is 0 Å². The highest BCUT2D eigenvalue weighted by Crippen LogP contribution is 2.33. The lowest BCUT2D eigenvalue weighted by atomic mass is 10.2. The highest BCUT2D eigenvalue weighted by Gasteiger charge is 2.39. The lowest BCUT2D eigenvalue weighted by molar-refractivity contribution is -0.136. The van der Waals surface area contributed by atoms with Gasteiger partial charge in [0.25, 0.3) is 11.8 Å². The molecule has 30 heavy (non-hydrogen) atoms. The molecule has 1 saturated heterocycles. The molecule has 4 rings (SSSR count). The molecule has 2 aromatic rings. The molecule has 8 heteroatoms. The Morgan fingerprint density at radius 3 is 2.50 bits per heavy atom. The van der Waals surface area contributed by atoms with Gasteiger partial charge in [0.15, 0.2) is 0 Å². The average Bonchev–Trinajstić information content (AvgIpc) is 3.38. The number of rotatable bonds is 8. The van der Waals surface area contributed by atoms with E-state index in [2.05, 4.69) is 10.2 Å². The molecule has 1 aromatic carbocycles. The average molecular weight is 428 g/mol. The summed E-state index contributed by atoms with van der Waals surface area (Å²) in [5, 5.41) is 5.08. The van der Waals surface area contributed by atoms with Crippen LogP contribution in [0.1, 0.15) is 11.3 Å². The summed E-state index contributed by atoms with van der Waals surface area (Å²) in [4.78, 5) is 30.8. The van der Waals surface area contributed by atoms with Gasteiger partial charge in [-0.1, -0.05) is 6.07 Å². The first-order chi connectivity index (χ1) is 14.7. The van der Waals surface area contributed by atoms with Crippen molar-refractivity contribution < 1.29 is 19.1 Å². The summed E-state index contributed by atoms with van der Waals surface area (Å²) in [6.45, 7) is 4.51. The van der Waals surface area contributed by atoms with Crippen LogP contribution in [-0.2, 0) is 14.3 Å². The molecule has 1 aromatic heterocycles. The van der Waals surface area contributed by atoms with Crippen LogP contribution in [0.25, 0.3) is 5.57 Å². The molecule has 0 radical (unpaired) electrons. The summed E-state index contributed by atoms with van der Waals surface area (Å²) in [6, 6.07) is 11.0. The Kier molecular flexibility index (Phi) is 6.47. The van der Waals surface area contributed by atoms with Gasteiger partial charge in [-0.05, 0) is 42.1 Å². The first-order valence-corrected chi connectivity index (χ1v) is 10.9. The molecule has 2 aliphatic heterocycles. The normalized spacial score (nSPS) is 17.7. The summed E-state index contributed by atoms with van der Waals surface area (Å²) < 4.78 is 10.6. The fraction of sp³-hybridized carbons (Fsp3) is 0.364. The number of ether oxygens (including phenoxy) is 2. The van der Waals surface area contributed by atoms with E-state index < -0.39 is 0 Å².